The molecule has 17 heavy (non-hydrogen) atoms. The highest BCUT2D eigenvalue weighted by atomic mass is 15.1. The van der Waals surface area contributed by atoms with Crippen LogP contribution in [0, 0.1) is 11.8 Å². The van der Waals surface area contributed by atoms with Crippen molar-refractivity contribution in [3.8, 4) is 0 Å². The second kappa shape index (κ2) is 9.86. The van der Waals surface area contributed by atoms with Gasteiger partial charge in [-0.2, -0.15) is 0 Å². The minimum Gasteiger partial charge on any atom is -0.330 e. The molecule has 0 rings (SSSR count). The van der Waals surface area contributed by atoms with Crippen LogP contribution in [0.15, 0.2) is 0 Å². The molecule has 0 amide bonds. The first kappa shape index (κ1) is 16.9. The fourth-order valence-corrected chi connectivity index (χ4v) is 2.27. The molecule has 104 valence electrons. The van der Waals surface area contributed by atoms with Gasteiger partial charge in [-0.05, 0) is 65.0 Å². The van der Waals surface area contributed by atoms with Gasteiger partial charge in [0.25, 0.3) is 0 Å². The molecule has 0 aliphatic rings. The van der Waals surface area contributed by atoms with E-state index < -0.39 is 0 Å². The Kier molecular flexibility index (Phi) is 9.79. The van der Waals surface area contributed by atoms with Crippen LogP contribution in [0.1, 0.15) is 33.6 Å². The lowest BCUT2D eigenvalue weighted by molar-refractivity contribution is 0.216. The van der Waals surface area contributed by atoms with Crippen molar-refractivity contribution in [2.75, 3.05) is 46.8 Å². The summed E-state index contributed by atoms with van der Waals surface area (Å²) in [7, 11) is 4.27. The number of rotatable bonds is 10. The van der Waals surface area contributed by atoms with Crippen molar-refractivity contribution in [2.45, 2.75) is 33.6 Å². The molecule has 0 bridgehead atoms. The van der Waals surface area contributed by atoms with E-state index in [9.17, 15) is 0 Å². The molecule has 0 heterocycles. The van der Waals surface area contributed by atoms with E-state index in [4.69, 9.17) is 5.73 Å². The maximum Gasteiger partial charge on any atom is 0.00217 e. The van der Waals surface area contributed by atoms with E-state index in [-0.39, 0.29) is 0 Å². The first-order chi connectivity index (χ1) is 7.99. The van der Waals surface area contributed by atoms with Gasteiger partial charge >= 0.3 is 0 Å². The zero-order valence-corrected chi connectivity index (χ0v) is 12.6. The molecule has 0 radical (unpaired) electrons. The number of hydrogen-bond acceptors (Lipinski definition) is 3. The van der Waals surface area contributed by atoms with Crippen LogP contribution in [0.4, 0.5) is 0 Å². The third kappa shape index (κ3) is 9.57. The zero-order chi connectivity index (χ0) is 13.3. The SMILES string of the molecule is CCN(CCCN(C)C)CC(CN)CC(C)C. The number of nitrogens with zero attached hydrogens (tertiary/aromatic N) is 2. The molecule has 3 heteroatoms. The van der Waals surface area contributed by atoms with Gasteiger partial charge in [-0.1, -0.05) is 20.8 Å². The van der Waals surface area contributed by atoms with Gasteiger partial charge in [-0.25, -0.2) is 0 Å². The Hall–Kier alpha value is -0.120. The van der Waals surface area contributed by atoms with E-state index >= 15 is 0 Å². The molecule has 0 aromatic carbocycles. The summed E-state index contributed by atoms with van der Waals surface area (Å²) >= 11 is 0. The summed E-state index contributed by atoms with van der Waals surface area (Å²) in [5.41, 5.74) is 5.87. The monoisotopic (exact) mass is 243 g/mol. The van der Waals surface area contributed by atoms with Crippen molar-refractivity contribution < 1.29 is 0 Å². The quantitative estimate of drug-likeness (QED) is 0.636. The molecule has 0 aromatic heterocycles. The second-order valence-electron chi connectivity index (χ2n) is 5.78. The zero-order valence-electron chi connectivity index (χ0n) is 12.6. The topological polar surface area (TPSA) is 32.5 Å². The van der Waals surface area contributed by atoms with Crippen LogP contribution in [-0.2, 0) is 0 Å². The van der Waals surface area contributed by atoms with Gasteiger partial charge in [0.2, 0.25) is 0 Å². The maximum absolute atomic E-state index is 5.87. The van der Waals surface area contributed by atoms with E-state index in [1.807, 2.05) is 0 Å². The molecule has 1 unspecified atom stereocenters. The predicted octanol–water partition coefficient (Wildman–Crippen LogP) is 1.88. The molecule has 0 aliphatic heterocycles. The Balaban J connectivity index is 3.91. The molecule has 0 saturated heterocycles. The summed E-state index contributed by atoms with van der Waals surface area (Å²) in [6.45, 7) is 12.3. The van der Waals surface area contributed by atoms with Crippen molar-refractivity contribution in [2.24, 2.45) is 17.6 Å². The molecule has 0 aliphatic carbocycles. The van der Waals surface area contributed by atoms with Crippen LogP contribution < -0.4 is 5.73 Å². The summed E-state index contributed by atoms with van der Waals surface area (Å²) in [4.78, 5) is 4.80. The van der Waals surface area contributed by atoms with Crippen LogP contribution in [0.3, 0.4) is 0 Å². The van der Waals surface area contributed by atoms with E-state index in [0.29, 0.717) is 5.92 Å². The molecule has 0 aromatic rings. The lowest BCUT2D eigenvalue weighted by Crippen LogP contribution is -2.35. The third-order valence-corrected chi connectivity index (χ3v) is 3.18. The molecule has 2 N–H and O–H groups in total. The summed E-state index contributed by atoms with van der Waals surface area (Å²) in [6, 6.07) is 0. The average molecular weight is 243 g/mol. The number of hydrogen-bond donors (Lipinski definition) is 1. The molecule has 0 fully saturated rings. The molecule has 0 spiro atoms. The summed E-state index contributed by atoms with van der Waals surface area (Å²) in [5, 5.41) is 0. The summed E-state index contributed by atoms with van der Waals surface area (Å²) < 4.78 is 0. The fraction of sp³-hybridized carbons (Fsp3) is 1.00. The van der Waals surface area contributed by atoms with Gasteiger partial charge in [-0.15, -0.1) is 0 Å². The second-order valence-corrected chi connectivity index (χ2v) is 5.78. The normalized spacial score (nSPS) is 13.9. The Labute approximate surface area is 108 Å². The van der Waals surface area contributed by atoms with Crippen molar-refractivity contribution >= 4 is 0 Å². The van der Waals surface area contributed by atoms with Gasteiger partial charge in [0.1, 0.15) is 0 Å². The highest BCUT2D eigenvalue weighted by Gasteiger charge is 2.13. The van der Waals surface area contributed by atoms with Crippen molar-refractivity contribution in [3.05, 3.63) is 0 Å². The maximum atomic E-state index is 5.87. The highest BCUT2D eigenvalue weighted by Crippen LogP contribution is 2.12. The van der Waals surface area contributed by atoms with Crippen molar-refractivity contribution in [1.29, 1.82) is 0 Å². The first-order valence-electron chi connectivity index (χ1n) is 7.06. The molecular weight excluding hydrogens is 210 g/mol. The molecular formula is C14H33N3. The van der Waals surface area contributed by atoms with Crippen LogP contribution in [-0.4, -0.2) is 56.6 Å². The van der Waals surface area contributed by atoms with Crippen LogP contribution >= 0.6 is 0 Å². The molecule has 3 nitrogen and oxygen atoms in total. The Morgan fingerprint density at radius 1 is 1.12 bits per heavy atom. The first-order valence-corrected chi connectivity index (χ1v) is 7.06. The smallest absolute Gasteiger partial charge is 0.00217 e. The third-order valence-electron chi connectivity index (χ3n) is 3.18. The lowest BCUT2D eigenvalue weighted by Gasteiger charge is -2.27. The van der Waals surface area contributed by atoms with Gasteiger partial charge in [0.15, 0.2) is 0 Å². The molecule has 0 saturated carbocycles. The van der Waals surface area contributed by atoms with Crippen LogP contribution in [0.25, 0.3) is 0 Å². The Morgan fingerprint density at radius 3 is 2.18 bits per heavy atom. The van der Waals surface area contributed by atoms with E-state index in [0.717, 1.165) is 19.0 Å². The average Bonchev–Trinajstić information content (AvgIpc) is 2.25. The van der Waals surface area contributed by atoms with E-state index in [1.165, 1.54) is 32.5 Å². The van der Waals surface area contributed by atoms with Crippen LogP contribution in [0.5, 0.6) is 0 Å². The van der Waals surface area contributed by atoms with Crippen molar-refractivity contribution in [1.82, 2.24) is 9.80 Å². The summed E-state index contributed by atoms with van der Waals surface area (Å²) in [5.74, 6) is 1.42. The Morgan fingerprint density at radius 2 is 1.76 bits per heavy atom. The van der Waals surface area contributed by atoms with Gasteiger partial charge in [-0.3, -0.25) is 0 Å². The van der Waals surface area contributed by atoms with Gasteiger partial charge in [0, 0.05) is 6.54 Å². The summed E-state index contributed by atoms with van der Waals surface area (Å²) in [6.07, 6.45) is 2.50. The van der Waals surface area contributed by atoms with Gasteiger partial charge < -0.3 is 15.5 Å². The van der Waals surface area contributed by atoms with E-state index in [1.54, 1.807) is 0 Å². The van der Waals surface area contributed by atoms with Crippen molar-refractivity contribution in [3.63, 3.8) is 0 Å². The Bertz CT molecular complexity index is 169. The predicted molar refractivity (Wildman–Crippen MR) is 77.3 cm³/mol. The molecule has 1 atom stereocenters. The minimum atomic E-state index is 0.661. The lowest BCUT2D eigenvalue weighted by atomic mass is 9.96. The fourth-order valence-electron chi connectivity index (χ4n) is 2.27. The van der Waals surface area contributed by atoms with Crippen LogP contribution in [0.2, 0.25) is 0 Å². The minimum absolute atomic E-state index is 0.661. The number of nitrogens with two attached hydrogens (primary N) is 1. The highest BCUT2D eigenvalue weighted by molar-refractivity contribution is 4.68. The largest absolute Gasteiger partial charge is 0.330 e. The van der Waals surface area contributed by atoms with Gasteiger partial charge in [0.05, 0.1) is 0 Å². The standard InChI is InChI=1S/C14H33N3/c1-6-17(9-7-8-16(4)5)12-14(11-15)10-13(2)3/h13-14H,6-12,15H2,1-5H3. The van der Waals surface area contributed by atoms with E-state index in [2.05, 4.69) is 44.7 Å².